The average molecular weight is 288 g/mol. The number of aliphatic hydroxyl groups is 1. The highest BCUT2D eigenvalue weighted by molar-refractivity contribution is 5.17. The van der Waals surface area contributed by atoms with Gasteiger partial charge in [-0.2, -0.15) is 0 Å². The molecule has 0 saturated heterocycles. The van der Waals surface area contributed by atoms with Crippen LogP contribution in [0.4, 0.5) is 0 Å². The SMILES string of the molecule is C=CC1(C)CCC(C(=C)CC=CC(C)(C)O)CC1C(=C)C. The van der Waals surface area contributed by atoms with Crippen molar-refractivity contribution in [3.05, 3.63) is 49.1 Å². The Morgan fingerprint density at radius 1 is 1.38 bits per heavy atom. The molecule has 1 aliphatic carbocycles. The topological polar surface area (TPSA) is 20.2 Å². The molecule has 3 unspecified atom stereocenters. The lowest BCUT2D eigenvalue weighted by Gasteiger charge is -2.44. The molecule has 1 aliphatic rings. The fraction of sp³-hybridized carbons (Fsp3) is 0.600. The smallest absolute Gasteiger partial charge is 0.0771 e. The average Bonchev–Trinajstić information content (AvgIpc) is 2.37. The van der Waals surface area contributed by atoms with Crippen LogP contribution in [0.25, 0.3) is 0 Å². The van der Waals surface area contributed by atoms with E-state index in [9.17, 15) is 5.11 Å². The Morgan fingerprint density at radius 3 is 2.48 bits per heavy atom. The van der Waals surface area contributed by atoms with Crippen LogP contribution in [0.15, 0.2) is 49.1 Å². The molecule has 1 N–H and O–H groups in total. The number of hydrogen-bond acceptors (Lipinski definition) is 1. The van der Waals surface area contributed by atoms with Gasteiger partial charge < -0.3 is 5.11 Å². The largest absolute Gasteiger partial charge is 0.386 e. The molecule has 0 aromatic rings. The van der Waals surface area contributed by atoms with Crippen molar-refractivity contribution in [2.45, 2.75) is 59.0 Å². The Morgan fingerprint density at radius 2 is 2.00 bits per heavy atom. The Bertz CT molecular complexity index is 435. The second-order valence-corrected chi connectivity index (χ2v) is 7.50. The molecule has 0 aliphatic heterocycles. The molecule has 0 aromatic carbocycles. The third kappa shape index (κ3) is 5.00. The molecule has 0 spiro atoms. The van der Waals surface area contributed by atoms with Gasteiger partial charge in [0, 0.05) is 0 Å². The number of allylic oxidation sites excluding steroid dienone is 4. The van der Waals surface area contributed by atoms with Gasteiger partial charge >= 0.3 is 0 Å². The molecule has 1 rings (SSSR count). The minimum Gasteiger partial charge on any atom is -0.386 e. The Labute approximate surface area is 131 Å². The summed E-state index contributed by atoms with van der Waals surface area (Å²) in [5, 5.41) is 9.72. The van der Waals surface area contributed by atoms with Gasteiger partial charge in [0.05, 0.1) is 5.60 Å². The van der Waals surface area contributed by atoms with Crippen molar-refractivity contribution in [3.63, 3.8) is 0 Å². The van der Waals surface area contributed by atoms with Gasteiger partial charge in [0.1, 0.15) is 0 Å². The van der Waals surface area contributed by atoms with Crippen LogP contribution >= 0.6 is 0 Å². The van der Waals surface area contributed by atoms with E-state index >= 15 is 0 Å². The highest BCUT2D eigenvalue weighted by Gasteiger charge is 2.38. The molecular formula is C20H32O. The summed E-state index contributed by atoms with van der Waals surface area (Å²) in [5.74, 6) is 1.04. The van der Waals surface area contributed by atoms with Crippen LogP contribution in [0, 0.1) is 17.3 Å². The van der Waals surface area contributed by atoms with E-state index in [0.29, 0.717) is 11.8 Å². The fourth-order valence-electron chi connectivity index (χ4n) is 3.38. The van der Waals surface area contributed by atoms with Crippen LogP contribution in [-0.4, -0.2) is 10.7 Å². The zero-order valence-corrected chi connectivity index (χ0v) is 14.3. The van der Waals surface area contributed by atoms with Crippen LogP contribution in [-0.2, 0) is 0 Å². The van der Waals surface area contributed by atoms with E-state index in [1.165, 1.54) is 17.6 Å². The monoisotopic (exact) mass is 288 g/mol. The van der Waals surface area contributed by atoms with E-state index < -0.39 is 5.60 Å². The van der Waals surface area contributed by atoms with Crippen molar-refractivity contribution in [1.82, 2.24) is 0 Å². The van der Waals surface area contributed by atoms with E-state index in [4.69, 9.17) is 0 Å². The third-order valence-corrected chi connectivity index (χ3v) is 4.89. The Balaban J connectivity index is 2.70. The van der Waals surface area contributed by atoms with E-state index in [2.05, 4.69) is 39.7 Å². The highest BCUT2D eigenvalue weighted by atomic mass is 16.3. The van der Waals surface area contributed by atoms with E-state index in [1.54, 1.807) is 13.8 Å². The van der Waals surface area contributed by atoms with Gasteiger partial charge in [0.2, 0.25) is 0 Å². The fourth-order valence-corrected chi connectivity index (χ4v) is 3.38. The summed E-state index contributed by atoms with van der Waals surface area (Å²) in [6.45, 7) is 20.5. The summed E-state index contributed by atoms with van der Waals surface area (Å²) >= 11 is 0. The van der Waals surface area contributed by atoms with Crippen molar-refractivity contribution >= 4 is 0 Å². The molecule has 1 nitrogen and oxygen atoms in total. The highest BCUT2D eigenvalue weighted by Crippen LogP contribution is 2.49. The van der Waals surface area contributed by atoms with Gasteiger partial charge in [-0.3, -0.25) is 0 Å². The van der Waals surface area contributed by atoms with Crippen LogP contribution in [0.2, 0.25) is 0 Å². The minimum absolute atomic E-state index is 0.172. The Hall–Kier alpha value is -1.08. The maximum absolute atomic E-state index is 9.72. The summed E-state index contributed by atoms with van der Waals surface area (Å²) in [4.78, 5) is 0. The van der Waals surface area contributed by atoms with Gasteiger partial charge in [-0.25, -0.2) is 0 Å². The number of hydrogen-bond donors (Lipinski definition) is 1. The maximum Gasteiger partial charge on any atom is 0.0771 e. The molecular weight excluding hydrogens is 256 g/mol. The van der Waals surface area contributed by atoms with Gasteiger partial charge in [-0.05, 0) is 63.7 Å². The molecule has 0 radical (unpaired) electrons. The first-order valence-electron chi connectivity index (χ1n) is 7.96. The van der Waals surface area contributed by atoms with Crippen molar-refractivity contribution in [1.29, 1.82) is 0 Å². The molecule has 21 heavy (non-hydrogen) atoms. The normalized spacial score (nSPS) is 30.3. The molecule has 0 heterocycles. The number of rotatable bonds is 6. The van der Waals surface area contributed by atoms with Crippen molar-refractivity contribution in [3.8, 4) is 0 Å². The molecule has 1 fully saturated rings. The standard InChI is InChI=1S/C20H32O/c1-8-20(7)13-11-17(14-18(20)15(2)3)16(4)10-9-12-19(5,6)21/h8-9,12,17-18,21H,1-2,4,10-11,13-14H2,3,5-7H3. The van der Waals surface area contributed by atoms with Crippen LogP contribution in [0.3, 0.4) is 0 Å². The van der Waals surface area contributed by atoms with Crippen LogP contribution in [0.5, 0.6) is 0 Å². The molecule has 0 bridgehead atoms. The van der Waals surface area contributed by atoms with Gasteiger partial charge in [-0.1, -0.05) is 49.5 Å². The first-order chi connectivity index (χ1) is 9.59. The summed E-state index contributed by atoms with van der Waals surface area (Å²) in [6, 6.07) is 0. The maximum atomic E-state index is 9.72. The molecule has 0 amide bonds. The lowest BCUT2D eigenvalue weighted by molar-refractivity contribution is 0.133. The third-order valence-electron chi connectivity index (χ3n) is 4.89. The van der Waals surface area contributed by atoms with Gasteiger partial charge in [-0.15, -0.1) is 6.58 Å². The summed E-state index contributed by atoms with van der Waals surface area (Å²) in [6.07, 6.45) is 10.3. The first-order valence-corrected chi connectivity index (χ1v) is 7.96. The second kappa shape index (κ2) is 6.79. The van der Waals surface area contributed by atoms with E-state index in [1.807, 2.05) is 12.2 Å². The molecule has 118 valence electrons. The lowest BCUT2D eigenvalue weighted by Crippen LogP contribution is -2.33. The minimum atomic E-state index is -0.742. The summed E-state index contributed by atoms with van der Waals surface area (Å²) in [5.41, 5.74) is 1.95. The van der Waals surface area contributed by atoms with Crippen LogP contribution in [0.1, 0.15) is 53.4 Å². The van der Waals surface area contributed by atoms with Crippen molar-refractivity contribution in [2.24, 2.45) is 17.3 Å². The molecule has 3 atom stereocenters. The van der Waals surface area contributed by atoms with Crippen LogP contribution < -0.4 is 0 Å². The van der Waals surface area contributed by atoms with E-state index in [0.717, 1.165) is 19.3 Å². The first kappa shape index (κ1) is 18.0. The van der Waals surface area contributed by atoms with E-state index in [-0.39, 0.29) is 5.41 Å². The second-order valence-electron chi connectivity index (χ2n) is 7.50. The predicted molar refractivity (Wildman–Crippen MR) is 93.1 cm³/mol. The lowest BCUT2D eigenvalue weighted by atomic mass is 9.61. The van der Waals surface area contributed by atoms with Gasteiger partial charge in [0.15, 0.2) is 0 Å². The molecule has 1 saturated carbocycles. The quantitative estimate of drug-likeness (QED) is 0.645. The zero-order valence-electron chi connectivity index (χ0n) is 14.3. The predicted octanol–water partition coefficient (Wildman–Crippen LogP) is 5.44. The summed E-state index contributed by atoms with van der Waals surface area (Å²) < 4.78 is 0. The zero-order chi connectivity index (χ0) is 16.3. The summed E-state index contributed by atoms with van der Waals surface area (Å²) in [7, 11) is 0. The van der Waals surface area contributed by atoms with Crippen molar-refractivity contribution in [2.75, 3.05) is 0 Å². The van der Waals surface area contributed by atoms with Gasteiger partial charge in [0.25, 0.3) is 0 Å². The Kier molecular flexibility index (Phi) is 5.81. The molecule has 0 aromatic heterocycles. The van der Waals surface area contributed by atoms with Crippen molar-refractivity contribution < 1.29 is 5.11 Å². The molecule has 1 heteroatoms.